The van der Waals surface area contributed by atoms with Gasteiger partial charge in [0.1, 0.15) is 11.6 Å². The van der Waals surface area contributed by atoms with Gasteiger partial charge >= 0.3 is 0 Å². The van der Waals surface area contributed by atoms with Crippen molar-refractivity contribution in [2.75, 3.05) is 10.6 Å². The van der Waals surface area contributed by atoms with E-state index in [-0.39, 0.29) is 11.8 Å². The Morgan fingerprint density at radius 2 is 2.05 bits per heavy atom. The third-order valence-electron chi connectivity index (χ3n) is 2.52. The van der Waals surface area contributed by atoms with Crippen LogP contribution < -0.4 is 10.6 Å². The van der Waals surface area contributed by atoms with Gasteiger partial charge in [-0.1, -0.05) is 11.2 Å². The van der Waals surface area contributed by atoms with Crippen LogP contribution in [0.25, 0.3) is 0 Å². The van der Waals surface area contributed by atoms with Gasteiger partial charge in [-0.3, -0.25) is 0 Å². The van der Waals surface area contributed by atoms with Crippen molar-refractivity contribution in [3.05, 3.63) is 48.1 Å². The van der Waals surface area contributed by atoms with Gasteiger partial charge in [-0.15, -0.1) is 5.10 Å². The minimum atomic E-state index is -0.347. The number of benzene rings is 1. The standard InChI is InChI=1S/C13H11FN6O/c1-8-5-11(20-21-8)17-12-7-15-19-13(18-12)16-10-4-2-3-9(14)6-10/h2-7H,1H3,(H2,16,17,18,19,20). The molecule has 0 fully saturated rings. The van der Waals surface area contributed by atoms with Gasteiger partial charge in [-0.2, -0.15) is 10.1 Å². The molecule has 7 nitrogen and oxygen atoms in total. The average Bonchev–Trinajstić information content (AvgIpc) is 2.84. The zero-order chi connectivity index (χ0) is 14.7. The molecule has 0 bridgehead atoms. The van der Waals surface area contributed by atoms with Gasteiger partial charge in [0.25, 0.3) is 0 Å². The lowest BCUT2D eigenvalue weighted by Crippen LogP contribution is -2.02. The second kappa shape index (κ2) is 5.53. The summed E-state index contributed by atoms with van der Waals surface area (Å²) in [6, 6.07) is 7.71. The molecule has 8 heteroatoms. The highest BCUT2D eigenvalue weighted by molar-refractivity contribution is 5.56. The highest BCUT2D eigenvalue weighted by atomic mass is 19.1. The predicted molar refractivity (Wildman–Crippen MR) is 74.0 cm³/mol. The molecule has 0 amide bonds. The predicted octanol–water partition coefficient (Wildman–Crippen LogP) is 2.79. The Hall–Kier alpha value is -3.03. The fourth-order valence-corrected chi connectivity index (χ4v) is 1.67. The Morgan fingerprint density at radius 3 is 2.81 bits per heavy atom. The molecule has 0 aliphatic heterocycles. The van der Waals surface area contributed by atoms with Crippen LogP contribution in [0.5, 0.6) is 0 Å². The van der Waals surface area contributed by atoms with Crippen LogP contribution in [0.15, 0.2) is 41.1 Å². The summed E-state index contributed by atoms with van der Waals surface area (Å²) >= 11 is 0. The van der Waals surface area contributed by atoms with Crippen molar-refractivity contribution in [2.45, 2.75) is 6.92 Å². The van der Waals surface area contributed by atoms with Crippen LogP contribution >= 0.6 is 0 Å². The van der Waals surface area contributed by atoms with Crippen LogP contribution in [-0.2, 0) is 0 Å². The third kappa shape index (κ3) is 3.30. The summed E-state index contributed by atoms with van der Waals surface area (Å²) in [7, 11) is 0. The number of hydrogen-bond donors (Lipinski definition) is 2. The van der Waals surface area contributed by atoms with E-state index >= 15 is 0 Å². The van der Waals surface area contributed by atoms with Crippen molar-refractivity contribution < 1.29 is 8.91 Å². The molecule has 1 aromatic carbocycles. The van der Waals surface area contributed by atoms with Gasteiger partial charge in [0.05, 0.1) is 6.20 Å². The van der Waals surface area contributed by atoms with E-state index < -0.39 is 0 Å². The summed E-state index contributed by atoms with van der Waals surface area (Å²) in [6.07, 6.45) is 1.45. The maximum atomic E-state index is 13.1. The summed E-state index contributed by atoms with van der Waals surface area (Å²) in [5.41, 5.74) is 0.534. The number of anilines is 4. The fourth-order valence-electron chi connectivity index (χ4n) is 1.67. The van der Waals surface area contributed by atoms with E-state index in [9.17, 15) is 4.39 Å². The number of aromatic nitrogens is 4. The molecular formula is C13H11FN6O. The number of hydrogen-bond acceptors (Lipinski definition) is 7. The summed E-state index contributed by atoms with van der Waals surface area (Å²) in [5, 5.41) is 17.2. The normalized spacial score (nSPS) is 10.4. The number of rotatable bonds is 4. The first-order valence-electron chi connectivity index (χ1n) is 6.12. The lowest BCUT2D eigenvalue weighted by molar-refractivity contribution is 0.400. The van der Waals surface area contributed by atoms with Crippen LogP contribution in [0.2, 0.25) is 0 Å². The molecular weight excluding hydrogens is 275 g/mol. The molecule has 106 valence electrons. The van der Waals surface area contributed by atoms with Gasteiger partial charge < -0.3 is 15.2 Å². The highest BCUT2D eigenvalue weighted by Crippen LogP contribution is 2.17. The Kier molecular flexibility index (Phi) is 3.42. The molecule has 0 unspecified atom stereocenters. The first-order valence-corrected chi connectivity index (χ1v) is 6.12. The number of nitrogens with zero attached hydrogens (tertiary/aromatic N) is 4. The smallest absolute Gasteiger partial charge is 0.249 e. The monoisotopic (exact) mass is 286 g/mol. The van der Waals surface area contributed by atoms with Crippen molar-refractivity contribution in [1.29, 1.82) is 0 Å². The zero-order valence-corrected chi connectivity index (χ0v) is 11.0. The van der Waals surface area contributed by atoms with Gasteiger partial charge in [0.15, 0.2) is 11.6 Å². The lowest BCUT2D eigenvalue weighted by Gasteiger charge is -2.05. The average molecular weight is 286 g/mol. The zero-order valence-electron chi connectivity index (χ0n) is 11.0. The third-order valence-corrected chi connectivity index (χ3v) is 2.52. The Morgan fingerprint density at radius 1 is 1.14 bits per heavy atom. The van der Waals surface area contributed by atoms with E-state index in [1.54, 1.807) is 25.1 Å². The molecule has 0 saturated carbocycles. The Bertz CT molecular complexity index is 760. The maximum Gasteiger partial charge on any atom is 0.249 e. The summed E-state index contributed by atoms with van der Waals surface area (Å²) < 4.78 is 18.1. The highest BCUT2D eigenvalue weighted by Gasteiger charge is 2.05. The molecule has 0 spiro atoms. The molecule has 3 aromatic rings. The quantitative estimate of drug-likeness (QED) is 0.762. The SMILES string of the molecule is Cc1cc(Nc2cnnc(Nc3cccc(F)c3)n2)no1. The molecule has 2 heterocycles. The number of nitrogens with one attached hydrogen (secondary N) is 2. The lowest BCUT2D eigenvalue weighted by atomic mass is 10.3. The minimum absolute atomic E-state index is 0.241. The topological polar surface area (TPSA) is 88.8 Å². The van der Waals surface area contributed by atoms with Crippen LogP contribution in [-0.4, -0.2) is 20.3 Å². The van der Waals surface area contributed by atoms with Crippen LogP contribution in [0.3, 0.4) is 0 Å². The van der Waals surface area contributed by atoms with Crippen molar-refractivity contribution in [1.82, 2.24) is 20.3 Å². The molecule has 0 radical (unpaired) electrons. The van der Waals surface area contributed by atoms with Gasteiger partial charge in [-0.25, -0.2) is 4.39 Å². The molecule has 0 atom stereocenters. The number of halogens is 1. The van der Waals surface area contributed by atoms with E-state index in [0.29, 0.717) is 23.1 Å². The molecule has 2 aromatic heterocycles. The van der Waals surface area contributed by atoms with Gasteiger partial charge in [0, 0.05) is 11.8 Å². The van der Waals surface area contributed by atoms with Crippen LogP contribution in [0, 0.1) is 12.7 Å². The largest absolute Gasteiger partial charge is 0.360 e. The van der Waals surface area contributed by atoms with Crippen molar-refractivity contribution in [3.8, 4) is 0 Å². The Balaban J connectivity index is 1.76. The molecule has 21 heavy (non-hydrogen) atoms. The van der Waals surface area contributed by atoms with Crippen molar-refractivity contribution >= 4 is 23.3 Å². The Labute approximate surface area is 119 Å². The van der Waals surface area contributed by atoms with Crippen LogP contribution in [0.1, 0.15) is 5.76 Å². The maximum absolute atomic E-state index is 13.1. The van der Waals surface area contributed by atoms with E-state index in [1.165, 1.54) is 18.3 Å². The minimum Gasteiger partial charge on any atom is -0.360 e. The molecule has 0 saturated heterocycles. The summed E-state index contributed by atoms with van der Waals surface area (Å²) in [4.78, 5) is 4.20. The van der Waals surface area contributed by atoms with E-state index in [4.69, 9.17) is 4.52 Å². The van der Waals surface area contributed by atoms with E-state index in [2.05, 4.69) is 31.0 Å². The van der Waals surface area contributed by atoms with Crippen molar-refractivity contribution in [3.63, 3.8) is 0 Å². The van der Waals surface area contributed by atoms with Crippen LogP contribution in [0.4, 0.5) is 27.7 Å². The van der Waals surface area contributed by atoms with E-state index in [0.717, 1.165) is 0 Å². The van der Waals surface area contributed by atoms with Crippen molar-refractivity contribution in [2.24, 2.45) is 0 Å². The summed E-state index contributed by atoms with van der Waals surface area (Å²) in [6.45, 7) is 1.79. The number of aryl methyl sites for hydroxylation is 1. The fraction of sp³-hybridized carbons (Fsp3) is 0.0769. The second-order valence-corrected chi connectivity index (χ2v) is 4.25. The first kappa shape index (κ1) is 13.0. The van der Waals surface area contributed by atoms with Gasteiger partial charge in [0.2, 0.25) is 5.95 Å². The molecule has 3 rings (SSSR count). The first-order chi connectivity index (χ1) is 10.2. The molecule has 0 aliphatic rings. The second-order valence-electron chi connectivity index (χ2n) is 4.25. The summed E-state index contributed by atoms with van der Waals surface area (Å²) in [5.74, 6) is 1.53. The molecule has 0 aliphatic carbocycles. The molecule has 2 N–H and O–H groups in total. The van der Waals surface area contributed by atoms with Gasteiger partial charge in [-0.05, 0) is 25.1 Å². The van der Waals surface area contributed by atoms with E-state index in [1.807, 2.05) is 0 Å².